The second kappa shape index (κ2) is 4.05. The SMILES string of the molecule is CC(F)(F)C(=O)c1ccc(F)c(C(F)(F)F)c1. The largest absolute Gasteiger partial charge is 0.419 e. The Kier molecular flexibility index (Phi) is 3.22. The molecule has 0 unspecified atom stereocenters. The number of alkyl halides is 5. The summed E-state index contributed by atoms with van der Waals surface area (Å²) in [6, 6.07) is 1.00. The van der Waals surface area contributed by atoms with Gasteiger partial charge in [-0.1, -0.05) is 0 Å². The minimum Gasteiger partial charge on any atom is -0.287 e. The maximum Gasteiger partial charge on any atom is 0.419 e. The van der Waals surface area contributed by atoms with Crippen LogP contribution in [0, 0.1) is 5.82 Å². The van der Waals surface area contributed by atoms with Crippen molar-refractivity contribution in [3.63, 3.8) is 0 Å². The van der Waals surface area contributed by atoms with Gasteiger partial charge in [-0.05, 0) is 18.2 Å². The number of hydrogen-bond acceptors (Lipinski definition) is 1. The Balaban J connectivity index is 3.28. The van der Waals surface area contributed by atoms with Gasteiger partial charge >= 0.3 is 12.1 Å². The molecule has 0 amide bonds. The van der Waals surface area contributed by atoms with E-state index in [0.717, 1.165) is 0 Å². The molecule has 1 rings (SSSR count). The van der Waals surface area contributed by atoms with Gasteiger partial charge in [-0.3, -0.25) is 4.79 Å². The lowest BCUT2D eigenvalue weighted by atomic mass is 10.0. The summed E-state index contributed by atoms with van der Waals surface area (Å²) in [5, 5.41) is 0. The predicted octanol–water partition coefficient (Wildman–Crippen LogP) is 3.68. The van der Waals surface area contributed by atoms with Crippen LogP contribution in [0.25, 0.3) is 0 Å². The maximum atomic E-state index is 12.8. The van der Waals surface area contributed by atoms with Crippen molar-refractivity contribution in [2.75, 3.05) is 0 Å². The van der Waals surface area contributed by atoms with E-state index in [-0.39, 0.29) is 13.0 Å². The van der Waals surface area contributed by atoms with E-state index in [0.29, 0.717) is 12.1 Å². The van der Waals surface area contributed by atoms with Crippen molar-refractivity contribution >= 4 is 5.78 Å². The van der Waals surface area contributed by atoms with Crippen LogP contribution in [0.15, 0.2) is 18.2 Å². The van der Waals surface area contributed by atoms with Crippen LogP contribution in [-0.4, -0.2) is 11.7 Å². The number of benzene rings is 1. The van der Waals surface area contributed by atoms with Gasteiger partial charge in [0.2, 0.25) is 5.78 Å². The lowest BCUT2D eigenvalue weighted by molar-refractivity contribution is -0.140. The van der Waals surface area contributed by atoms with Crippen LogP contribution >= 0.6 is 0 Å². The van der Waals surface area contributed by atoms with Crippen molar-refractivity contribution < 1.29 is 31.1 Å². The molecule has 0 heterocycles. The molecule has 94 valence electrons. The van der Waals surface area contributed by atoms with Gasteiger partial charge in [0.05, 0.1) is 5.56 Å². The highest BCUT2D eigenvalue weighted by atomic mass is 19.4. The molecule has 0 fully saturated rings. The minimum absolute atomic E-state index is 0.0784. The zero-order chi connectivity index (χ0) is 13.4. The fourth-order valence-corrected chi connectivity index (χ4v) is 1.14. The molecular weight excluding hydrogens is 250 g/mol. The average molecular weight is 256 g/mol. The molecular formula is C10H6F6O. The van der Waals surface area contributed by atoms with E-state index in [9.17, 15) is 31.1 Å². The molecule has 0 aliphatic rings. The Morgan fingerprint density at radius 2 is 1.65 bits per heavy atom. The van der Waals surface area contributed by atoms with Crippen LogP contribution in [0.5, 0.6) is 0 Å². The first-order valence-corrected chi connectivity index (χ1v) is 4.33. The molecule has 0 bridgehead atoms. The summed E-state index contributed by atoms with van der Waals surface area (Å²) in [4.78, 5) is 11.0. The monoisotopic (exact) mass is 256 g/mol. The molecule has 0 aromatic heterocycles. The van der Waals surface area contributed by atoms with E-state index in [1.807, 2.05) is 0 Å². The van der Waals surface area contributed by atoms with Gasteiger partial charge in [0.1, 0.15) is 5.82 Å². The lowest BCUT2D eigenvalue weighted by Crippen LogP contribution is -2.25. The molecule has 0 aliphatic heterocycles. The fraction of sp³-hybridized carbons (Fsp3) is 0.300. The summed E-state index contributed by atoms with van der Waals surface area (Å²) in [5.41, 5.74) is -2.63. The van der Waals surface area contributed by atoms with Gasteiger partial charge in [0, 0.05) is 12.5 Å². The summed E-state index contributed by atoms with van der Waals surface area (Å²) in [6.07, 6.45) is -5.04. The van der Waals surface area contributed by atoms with E-state index >= 15 is 0 Å². The highest BCUT2D eigenvalue weighted by Gasteiger charge is 2.38. The molecule has 0 N–H and O–H groups in total. The van der Waals surface area contributed by atoms with Gasteiger partial charge in [0.25, 0.3) is 0 Å². The fourth-order valence-electron chi connectivity index (χ4n) is 1.14. The zero-order valence-corrected chi connectivity index (χ0v) is 8.41. The van der Waals surface area contributed by atoms with Gasteiger partial charge in [-0.25, -0.2) is 4.39 Å². The topological polar surface area (TPSA) is 17.1 Å². The van der Waals surface area contributed by atoms with E-state index < -0.39 is 34.8 Å². The standard InChI is InChI=1S/C10H6F6O/c1-9(12,13)8(17)5-2-3-7(11)6(4-5)10(14,15)16/h2-4H,1H3. The highest BCUT2D eigenvalue weighted by Crippen LogP contribution is 2.32. The van der Waals surface area contributed by atoms with E-state index in [2.05, 4.69) is 0 Å². The Labute approximate surface area is 92.0 Å². The van der Waals surface area contributed by atoms with Crippen molar-refractivity contribution in [1.29, 1.82) is 0 Å². The smallest absolute Gasteiger partial charge is 0.287 e. The molecule has 0 atom stereocenters. The van der Waals surface area contributed by atoms with Crippen molar-refractivity contribution in [2.45, 2.75) is 19.0 Å². The molecule has 1 nitrogen and oxygen atoms in total. The lowest BCUT2D eigenvalue weighted by Gasteiger charge is -2.12. The normalized spacial score (nSPS) is 12.6. The third-order valence-corrected chi connectivity index (χ3v) is 1.93. The summed E-state index contributed by atoms with van der Waals surface area (Å²) in [7, 11) is 0. The van der Waals surface area contributed by atoms with Gasteiger partial charge < -0.3 is 0 Å². The Bertz CT molecular complexity index is 443. The number of ketones is 1. The van der Waals surface area contributed by atoms with Gasteiger partial charge in [-0.15, -0.1) is 0 Å². The Morgan fingerprint density at radius 1 is 1.12 bits per heavy atom. The summed E-state index contributed by atoms with van der Waals surface area (Å²) in [6.45, 7) is 0.256. The Morgan fingerprint density at radius 3 is 2.06 bits per heavy atom. The molecule has 0 aliphatic carbocycles. The summed E-state index contributed by atoms with van der Waals surface area (Å²) >= 11 is 0. The van der Waals surface area contributed by atoms with Gasteiger partial charge in [-0.2, -0.15) is 22.0 Å². The molecule has 0 saturated carbocycles. The first-order valence-electron chi connectivity index (χ1n) is 4.33. The number of rotatable bonds is 2. The van der Waals surface area contributed by atoms with Crippen molar-refractivity contribution in [1.82, 2.24) is 0 Å². The third-order valence-electron chi connectivity index (χ3n) is 1.93. The number of carbonyl (C=O) groups is 1. The third kappa shape index (κ3) is 2.98. The van der Waals surface area contributed by atoms with Crippen molar-refractivity contribution in [3.05, 3.63) is 35.1 Å². The van der Waals surface area contributed by atoms with Crippen molar-refractivity contribution in [2.24, 2.45) is 0 Å². The minimum atomic E-state index is -5.04. The van der Waals surface area contributed by atoms with Crippen LogP contribution in [0.3, 0.4) is 0 Å². The summed E-state index contributed by atoms with van der Waals surface area (Å²) in [5.74, 6) is -7.21. The molecule has 1 aromatic carbocycles. The van der Waals surface area contributed by atoms with Crippen molar-refractivity contribution in [3.8, 4) is 0 Å². The number of carbonyl (C=O) groups excluding carboxylic acids is 1. The van der Waals surface area contributed by atoms with E-state index in [4.69, 9.17) is 0 Å². The quantitative estimate of drug-likeness (QED) is 0.582. The molecule has 1 aromatic rings. The molecule has 7 heteroatoms. The molecule has 0 spiro atoms. The highest BCUT2D eigenvalue weighted by molar-refractivity contribution is 6.01. The second-order valence-electron chi connectivity index (χ2n) is 3.41. The van der Waals surface area contributed by atoms with Crippen LogP contribution in [0.2, 0.25) is 0 Å². The summed E-state index contributed by atoms with van der Waals surface area (Å²) < 4.78 is 74.8. The van der Waals surface area contributed by atoms with Crippen LogP contribution in [-0.2, 0) is 6.18 Å². The number of halogens is 6. The Hall–Kier alpha value is -1.53. The van der Waals surface area contributed by atoms with E-state index in [1.54, 1.807) is 0 Å². The van der Waals surface area contributed by atoms with Crippen LogP contribution < -0.4 is 0 Å². The first-order chi connectivity index (χ1) is 7.53. The van der Waals surface area contributed by atoms with Crippen LogP contribution in [0.1, 0.15) is 22.8 Å². The molecule has 0 radical (unpaired) electrons. The average Bonchev–Trinajstić information content (AvgIpc) is 2.14. The van der Waals surface area contributed by atoms with E-state index in [1.165, 1.54) is 0 Å². The van der Waals surface area contributed by atoms with Gasteiger partial charge in [0.15, 0.2) is 0 Å². The second-order valence-corrected chi connectivity index (χ2v) is 3.41. The number of Topliss-reactive ketones (excluding diaryl/α,β-unsaturated/α-hetero) is 1. The molecule has 0 saturated heterocycles. The molecule has 17 heavy (non-hydrogen) atoms. The zero-order valence-electron chi connectivity index (χ0n) is 8.41. The first kappa shape index (κ1) is 13.5. The predicted molar refractivity (Wildman–Crippen MR) is 46.4 cm³/mol. The number of hydrogen-bond donors (Lipinski definition) is 0. The maximum absolute atomic E-state index is 12.8. The van der Waals surface area contributed by atoms with Crippen LogP contribution in [0.4, 0.5) is 26.3 Å².